The quantitative estimate of drug-likeness (QED) is 0.862. The monoisotopic (exact) mass is 372 g/mol. The van der Waals surface area contributed by atoms with Crippen LogP contribution in [0.3, 0.4) is 0 Å². The van der Waals surface area contributed by atoms with Crippen LogP contribution in [0.25, 0.3) is 0 Å². The van der Waals surface area contributed by atoms with Crippen LogP contribution in [0.1, 0.15) is 50.1 Å². The van der Waals surface area contributed by atoms with Crippen molar-refractivity contribution in [2.75, 3.05) is 13.1 Å². The first-order valence-electron chi connectivity index (χ1n) is 7.20. The summed E-state index contributed by atoms with van der Waals surface area (Å²) in [5.41, 5.74) is 5.01. The number of rotatable bonds is 2. The number of carbonyl (C=O) groups is 2. The first kappa shape index (κ1) is 16.8. The van der Waals surface area contributed by atoms with Crippen molar-refractivity contribution < 1.29 is 14.3 Å². The highest BCUT2D eigenvalue weighted by Crippen LogP contribution is 2.26. The number of piperidine rings is 1. The van der Waals surface area contributed by atoms with E-state index in [4.69, 9.17) is 10.5 Å². The van der Waals surface area contributed by atoms with Crippen LogP contribution in [-0.2, 0) is 4.74 Å². The maximum absolute atomic E-state index is 12.0. The number of aromatic nitrogens is 2. The lowest BCUT2D eigenvalue weighted by Gasteiger charge is -2.33. The second-order valence-electron chi connectivity index (χ2n) is 6.37. The molecule has 7 nitrogen and oxygen atoms in total. The Kier molecular flexibility index (Phi) is 4.79. The summed E-state index contributed by atoms with van der Waals surface area (Å²) in [7, 11) is 0. The minimum absolute atomic E-state index is 0.142. The smallest absolute Gasteiger partial charge is 0.410 e. The Hall–Kier alpha value is -1.57. The molecule has 8 heteroatoms. The van der Waals surface area contributed by atoms with Gasteiger partial charge in [0.25, 0.3) is 5.91 Å². The third-order valence-electron chi connectivity index (χ3n) is 3.41. The van der Waals surface area contributed by atoms with Crippen molar-refractivity contribution >= 4 is 27.9 Å². The Bertz CT molecular complexity index is 571. The van der Waals surface area contributed by atoms with E-state index >= 15 is 0 Å². The Labute approximate surface area is 137 Å². The fourth-order valence-corrected chi connectivity index (χ4v) is 2.85. The molecule has 0 radical (unpaired) electrons. The summed E-state index contributed by atoms with van der Waals surface area (Å²) in [6.07, 6.45) is 2.98. The van der Waals surface area contributed by atoms with Gasteiger partial charge in [0.1, 0.15) is 5.60 Å². The van der Waals surface area contributed by atoms with E-state index in [-0.39, 0.29) is 17.8 Å². The van der Waals surface area contributed by atoms with Gasteiger partial charge in [0.05, 0.1) is 10.5 Å². The molecule has 1 fully saturated rings. The largest absolute Gasteiger partial charge is 0.444 e. The number of hydrogen-bond donors (Lipinski definition) is 1. The van der Waals surface area contributed by atoms with Gasteiger partial charge in [-0.2, -0.15) is 5.10 Å². The van der Waals surface area contributed by atoms with E-state index < -0.39 is 11.5 Å². The number of amides is 2. The zero-order valence-electron chi connectivity index (χ0n) is 13.0. The van der Waals surface area contributed by atoms with Crippen molar-refractivity contribution in [1.82, 2.24) is 14.7 Å². The van der Waals surface area contributed by atoms with Gasteiger partial charge < -0.3 is 15.4 Å². The molecule has 122 valence electrons. The van der Waals surface area contributed by atoms with Gasteiger partial charge in [0.15, 0.2) is 5.69 Å². The molecule has 2 rings (SSSR count). The fourth-order valence-electron chi connectivity index (χ4n) is 2.36. The molecule has 0 saturated carbocycles. The normalized spacial score (nSPS) is 16.6. The topological polar surface area (TPSA) is 90.5 Å². The lowest BCUT2D eigenvalue weighted by atomic mass is 10.1. The average molecular weight is 373 g/mol. The summed E-state index contributed by atoms with van der Waals surface area (Å²) in [5.74, 6) is -0.559. The van der Waals surface area contributed by atoms with Crippen LogP contribution in [0.4, 0.5) is 4.79 Å². The number of nitrogens with zero attached hydrogens (tertiary/aromatic N) is 3. The zero-order chi connectivity index (χ0) is 16.5. The molecule has 0 atom stereocenters. The van der Waals surface area contributed by atoms with Crippen molar-refractivity contribution in [1.29, 1.82) is 0 Å². The van der Waals surface area contributed by atoms with Crippen molar-refractivity contribution in [2.45, 2.75) is 45.3 Å². The van der Waals surface area contributed by atoms with E-state index in [9.17, 15) is 9.59 Å². The molecule has 1 aliphatic rings. The Balaban J connectivity index is 1.96. The third kappa shape index (κ3) is 4.00. The minimum atomic E-state index is -0.559. The van der Waals surface area contributed by atoms with Crippen LogP contribution in [-0.4, -0.2) is 45.4 Å². The molecule has 0 aliphatic carbocycles. The molecule has 22 heavy (non-hydrogen) atoms. The van der Waals surface area contributed by atoms with Crippen molar-refractivity contribution in [3.63, 3.8) is 0 Å². The van der Waals surface area contributed by atoms with Crippen LogP contribution in [0.15, 0.2) is 10.7 Å². The van der Waals surface area contributed by atoms with E-state index in [0.717, 1.165) is 12.8 Å². The second kappa shape index (κ2) is 6.28. The molecule has 1 aromatic heterocycles. The number of halogens is 1. The zero-order valence-corrected chi connectivity index (χ0v) is 14.6. The molecule has 2 N–H and O–H groups in total. The number of nitrogens with two attached hydrogens (primary N) is 1. The maximum Gasteiger partial charge on any atom is 0.410 e. The lowest BCUT2D eigenvalue weighted by Crippen LogP contribution is -2.42. The number of likely N-dealkylation sites (tertiary alicyclic amines) is 1. The van der Waals surface area contributed by atoms with E-state index in [1.54, 1.807) is 15.8 Å². The van der Waals surface area contributed by atoms with Crippen LogP contribution in [0, 0.1) is 0 Å². The third-order valence-corrected chi connectivity index (χ3v) is 3.99. The molecule has 1 saturated heterocycles. The molecular formula is C14H21BrN4O3. The SMILES string of the molecule is CC(C)(C)OC(=O)N1CCC(n2cc(Br)c(C(N)=O)n2)CC1. The van der Waals surface area contributed by atoms with Crippen LogP contribution >= 0.6 is 15.9 Å². The second-order valence-corrected chi connectivity index (χ2v) is 7.22. The molecule has 1 aliphatic heterocycles. The van der Waals surface area contributed by atoms with E-state index in [0.29, 0.717) is 17.6 Å². The average Bonchev–Trinajstić information content (AvgIpc) is 2.79. The number of carbonyl (C=O) groups excluding carboxylic acids is 2. The van der Waals surface area contributed by atoms with Gasteiger partial charge in [-0.1, -0.05) is 0 Å². The fraction of sp³-hybridized carbons (Fsp3) is 0.643. The predicted molar refractivity (Wildman–Crippen MR) is 84.5 cm³/mol. The minimum Gasteiger partial charge on any atom is -0.444 e. The molecule has 0 bridgehead atoms. The molecule has 0 aromatic carbocycles. The number of hydrogen-bond acceptors (Lipinski definition) is 4. The summed E-state index contributed by atoms with van der Waals surface area (Å²) in [4.78, 5) is 25.0. The summed E-state index contributed by atoms with van der Waals surface area (Å²) in [6.45, 7) is 6.75. The highest BCUT2D eigenvalue weighted by molar-refractivity contribution is 9.10. The van der Waals surface area contributed by atoms with Gasteiger partial charge in [-0.25, -0.2) is 4.79 Å². The molecule has 0 unspecified atom stereocenters. The van der Waals surface area contributed by atoms with E-state index in [1.807, 2.05) is 20.8 Å². The van der Waals surface area contributed by atoms with Crippen LogP contribution < -0.4 is 5.73 Å². The molecule has 2 heterocycles. The first-order valence-corrected chi connectivity index (χ1v) is 7.99. The Morgan fingerprint density at radius 1 is 1.36 bits per heavy atom. The molecule has 1 aromatic rings. The van der Waals surface area contributed by atoms with Gasteiger partial charge in [0.2, 0.25) is 0 Å². The number of primary amides is 1. The van der Waals surface area contributed by atoms with E-state index in [1.165, 1.54) is 0 Å². The Morgan fingerprint density at radius 3 is 2.41 bits per heavy atom. The van der Waals surface area contributed by atoms with Gasteiger partial charge in [-0.15, -0.1) is 0 Å². The number of ether oxygens (including phenoxy) is 1. The van der Waals surface area contributed by atoms with Crippen LogP contribution in [0.2, 0.25) is 0 Å². The molecular weight excluding hydrogens is 352 g/mol. The Morgan fingerprint density at radius 2 is 1.95 bits per heavy atom. The highest BCUT2D eigenvalue weighted by Gasteiger charge is 2.28. The standard InChI is InChI=1S/C14H21BrN4O3/c1-14(2,3)22-13(21)18-6-4-9(5-7-18)19-8-10(15)11(17-19)12(16)20/h8-9H,4-7H2,1-3H3,(H2,16,20). The maximum atomic E-state index is 12.0. The summed E-state index contributed by atoms with van der Waals surface area (Å²) < 4.78 is 7.71. The molecule has 2 amide bonds. The van der Waals surface area contributed by atoms with E-state index in [2.05, 4.69) is 21.0 Å². The summed E-state index contributed by atoms with van der Waals surface area (Å²) in [5, 5.41) is 4.22. The van der Waals surface area contributed by atoms with Crippen molar-refractivity contribution in [3.8, 4) is 0 Å². The summed E-state index contributed by atoms with van der Waals surface area (Å²) in [6, 6.07) is 0.142. The predicted octanol–water partition coefficient (Wildman–Crippen LogP) is 2.32. The van der Waals surface area contributed by atoms with Gasteiger partial charge in [-0.05, 0) is 49.5 Å². The highest BCUT2D eigenvalue weighted by atomic mass is 79.9. The van der Waals surface area contributed by atoms with Gasteiger partial charge in [0, 0.05) is 19.3 Å². The van der Waals surface area contributed by atoms with Crippen molar-refractivity contribution in [3.05, 3.63) is 16.4 Å². The van der Waals surface area contributed by atoms with Gasteiger partial charge in [-0.3, -0.25) is 9.48 Å². The first-order chi connectivity index (χ1) is 10.2. The van der Waals surface area contributed by atoms with Gasteiger partial charge >= 0.3 is 6.09 Å². The molecule has 0 spiro atoms. The summed E-state index contributed by atoms with van der Waals surface area (Å²) >= 11 is 3.28. The lowest BCUT2D eigenvalue weighted by molar-refractivity contribution is 0.0185. The van der Waals surface area contributed by atoms with Crippen LogP contribution in [0.5, 0.6) is 0 Å². The van der Waals surface area contributed by atoms with Crippen molar-refractivity contribution in [2.24, 2.45) is 5.73 Å².